The zero-order chi connectivity index (χ0) is 22.0. The van der Waals surface area contributed by atoms with Crippen molar-refractivity contribution in [2.24, 2.45) is 0 Å². The summed E-state index contributed by atoms with van der Waals surface area (Å²) in [6, 6.07) is 13.7. The normalized spacial score (nSPS) is 19.1. The van der Waals surface area contributed by atoms with E-state index in [1.54, 1.807) is 18.2 Å². The van der Waals surface area contributed by atoms with Gasteiger partial charge in [0.15, 0.2) is 0 Å². The van der Waals surface area contributed by atoms with Gasteiger partial charge in [0.05, 0.1) is 4.90 Å². The summed E-state index contributed by atoms with van der Waals surface area (Å²) >= 11 is 0. The van der Waals surface area contributed by atoms with Crippen molar-refractivity contribution >= 4 is 27.5 Å². The number of benzene rings is 2. The molecule has 0 spiro atoms. The van der Waals surface area contributed by atoms with Crippen molar-refractivity contribution in [1.29, 1.82) is 0 Å². The molecule has 1 unspecified atom stereocenters. The van der Waals surface area contributed by atoms with Crippen molar-refractivity contribution in [3.63, 3.8) is 0 Å². The van der Waals surface area contributed by atoms with Crippen LogP contribution in [0.2, 0.25) is 0 Å². The Morgan fingerprint density at radius 3 is 2.42 bits per heavy atom. The Bertz CT molecular complexity index is 1080. The molecule has 164 valence electrons. The lowest BCUT2D eigenvalue weighted by molar-refractivity contribution is -0.125. The van der Waals surface area contributed by atoms with E-state index in [1.807, 2.05) is 30.3 Å². The monoisotopic (exact) mass is 441 g/mol. The number of fused-ring (bicyclic) bond motifs is 1. The second-order valence-electron chi connectivity index (χ2n) is 8.07. The molecule has 1 saturated heterocycles. The molecule has 1 atom stereocenters. The van der Waals surface area contributed by atoms with Crippen molar-refractivity contribution in [3.8, 4) is 0 Å². The van der Waals surface area contributed by atoms with Crippen LogP contribution in [-0.2, 0) is 32.6 Å². The summed E-state index contributed by atoms with van der Waals surface area (Å²) in [5.41, 5.74) is 2.27. The number of carbonyl (C=O) groups excluding carboxylic acids is 2. The van der Waals surface area contributed by atoms with Gasteiger partial charge < -0.3 is 5.32 Å². The average molecular weight is 442 g/mol. The molecule has 2 amide bonds. The number of hydrogen-bond acceptors (Lipinski definition) is 4. The zero-order valence-corrected chi connectivity index (χ0v) is 18.4. The molecule has 2 heterocycles. The summed E-state index contributed by atoms with van der Waals surface area (Å²) in [6.45, 7) is 2.85. The standard InChI is InChI=1S/C23H27N3O4S/c1-17(27)26-21-11-10-20(31(29,30)25-12-6-3-7-13-25)14-19(21)15-22(26)23(28)24-16-18-8-4-2-5-9-18/h2,4-5,8-11,14,22H,3,6-7,12-13,15-16H2,1H3,(H,24,28). The van der Waals surface area contributed by atoms with E-state index in [1.165, 1.54) is 16.1 Å². The predicted molar refractivity (Wildman–Crippen MR) is 118 cm³/mol. The van der Waals surface area contributed by atoms with Gasteiger partial charge in [-0.15, -0.1) is 0 Å². The molecular formula is C23H27N3O4S. The molecule has 1 N–H and O–H groups in total. The molecular weight excluding hydrogens is 414 g/mol. The highest BCUT2D eigenvalue weighted by Gasteiger charge is 2.38. The van der Waals surface area contributed by atoms with Crippen LogP contribution >= 0.6 is 0 Å². The average Bonchev–Trinajstić information content (AvgIpc) is 3.18. The zero-order valence-electron chi connectivity index (χ0n) is 17.6. The van der Waals surface area contributed by atoms with Crippen LogP contribution in [0.5, 0.6) is 0 Å². The van der Waals surface area contributed by atoms with E-state index in [0.717, 1.165) is 24.8 Å². The van der Waals surface area contributed by atoms with Gasteiger partial charge in [0, 0.05) is 38.7 Å². The molecule has 2 aliphatic heterocycles. The van der Waals surface area contributed by atoms with Gasteiger partial charge in [0.25, 0.3) is 0 Å². The minimum absolute atomic E-state index is 0.224. The fraction of sp³-hybridized carbons (Fsp3) is 0.391. The number of carbonyl (C=O) groups is 2. The van der Waals surface area contributed by atoms with E-state index in [0.29, 0.717) is 37.3 Å². The van der Waals surface area contributed by atoms with Crippen molar-refractivity contribution < 1.29 is 18.0 Å². The number of rotatable bonds is 5. The van der Waals surface area contributed by atoms with Crippen molar-refractivity contribution in [2.45, 2.75) is 50.1 Å². The van der Waals surface area contributed by atoms with Crippen LogP contribution in [0.15, 0.2) is 53.4 Å². The lowest BCUT2D eigenvalue weighted by Crippen LogP contribution is -2.47. The number of piperidine rings is 1. The first kappa shape index (κ1) is 21.5. The third-order valence-electron chi connectivity index (χ3n) is 5.94. The summed E-state index contributed by atoms with van der Waals surface area (Å²) in [5.74, 6) is -0.499. The Kier molecular flexibility index (Phi) is 6.11. The summed E-state index contributed by atoms with van der Waals surface area (Å²) in [4.78, 5) is 26.9. The molecule has 2 aromatic carbocycles. The SMILES string of the molecule is CC(=O)N1c2ccc(S(=O)(=O)N3CCCCC3)cc2CC1C(=O)NCc1ccccc1. The topological polar surface area (TPSA) is 86.8 Å². The third kappa shape index (κ3) is 4.36. The van der Waals surface area contributed by atoms with Crippen LogP contribution in [0.3, 0.4) is 0 Å². The molecule has 0 aromatic heterocycles. The largest absolute Gasteiger partial charge is 0.350 e. The maximum Gasteiger partial charge on any atom is 0.243 e. The Labute approximate surface area is 183 Å². The van der Waals surface area contributed by atoms with Crippen molar-refractivity contribution in [2.75, 3.05) is 18.0 Å². The summed E-state index contributed by atoms with van der Waals surface area (Å²) in [5, 5.41) is 2.90. The van der Waals surface area contributed by atoms with Crippen LogP contribution in [0.1, 0.15) is 37.3 Å². The number of nitrogens with one attached hydrogen (secondary N) is 1. The highest BCUT2D eigenvalue weighted by molar-refractivity contribution is 7.89. The van der Waals surface area contributed by atoms with E-state index in [2.05, 4.69) is 5.32 Å². The lowest BCUT2D eigenvalue weighted by atomic mass is 10.1. The number of hydrogen-bond donors (Lipinski definition) is 1. The van der Waals surface area contributed by atoms with Gasteiger partial charge in [-0.2, -0.15) is 4.31 Å². The second kappa shape index (κ2) is 8.80. The first-order chi connectivity index (χ1) is 14.9. The molecule has 8 heteroatoms. The van der Waals surface area contributed by atoms with E-state index < -0.39 is 16.1 Å². The van der Waals surface area contributed by atoms with Crippen LogP contribution < -0.4 is 10.2 Å². The number of anilines is 1. The smallest absolute Gasteiger partial charge is 0.243 e. The van der Waals surface area contributed by atoms with E-state index in [-0.39, 0.29) is 16.7 Å². The molecule has 4 rings (SSSR count). The van der Waals surface area contributed by atoms with Crippen LogP contribution in [-0.4, -0.2) is 43.7 Å². The summed E-state index contributed by atoms with van der Waals surface area (Å²) in [6.07, 6.45) is 3.07. The Morgan fingerprint density at radius 2 is 1.74 bits per heavy atom. The van der Waals surface area contributed by atoms with Gasteiger partial charge in [-0.1, -0.05) is 36.8 Å². The van der Waals surface area contributed by atoms with Crippen LogP contribution in [0, 0.1) is 0 Å². The summed E-state index contributed by atoms with van der Waals surface area (Å²) < 4.78 is 27.6. The second-order valence-corrected chi connectivity index (χ2v) is 10.0. The predicted octanol–water partition coefficient (Wildman–Crippen LogP) is 2.46. The van der Waals surface area contributed by atoms with Crippen LogP contribution in [0.25, 0.3) is 0 Å². The Morgan fingerprint density at radius 1 is 1.03 bits per heavy atom. The molecule has 0 aliphatic carbocycles. The minimum atomic E-state index is -3.58. The maximum absolute atomic E-state index is 13.0. The first-order valence-electron chi connectivity index (χ1n) is 10.6. The van der Waals surface area contributed by atoms with Gasteiger partial charge >= 0.3 is 0 Å². The quantitative estimate of drug-likeness (QED) is 0.772. The fourth-order valence-electron chi connectivity index (χ4n) is 4.34. The number of sulfonamides is 1. The Balaban J connectivity index is 1.55. The van der Waals surface area contributed by atoms with Gasteiger partial charge in [-0.25, -0.2) is 8.42 Å². The molecule has 0 saturated carbocycles. The van der Waals surface area contributed by atoms with Gasteiger partial charge in [0.1, 0.15) is 6.04 Å². The highest BCUT2D eigenvalue weighted by atomic mass is 32.2. The molecule has 0 radical (unpaired) electrons. The fourth-order valence-corrected chi connectivity index (χ4v) is 5.91. The van der Waals surface area contributed by atoms with Gasteiger partial charge in [-0.3, -0.25) is 14.5 Å². The Hall–Kier alpha value is -2.71. The highest BCUT2D eigenvalue weighted by Crippen LogP contribution is 2.35. The molecule has 0 bridgehead atoms. The van der Waals surface area contributed by atoms with Crippen molar-refractivity contribution in [3.05, 3.63) is 59.7 Å². The van der Waals surface area contributed by atoms with Gasteiger partial charge in [0.2, 0.25) is 21.8 Å². The van der Waals surface area contributed by atoms with Gasteiger partial charge in [-0.05, 0) is 42.2 Å². The number of nitrogens with zero attached hydrogens (tertiary/aromatic N) is 2. The lowest BCUT2D eigenvalue weighted by Gasteiger charge is -2.26. The molecule has 1 fully saturated rings. The third-order valence-corrected chi connectivity index (χ3v) is 7.83. The van der Waals surface area contributed by atoms with E-state index >= 15 is 0 Å². The number of amides is 2. The molecule has 2 aliphatic rings. The molecule has 7 nitrogen and oxygen atoms in total. The maximum atomic E-state index is 13.0. The molecule has 2 aromatic rings. The van der Waals surface area contributed by atoms with E-state index in [9.17, 15) is 18.0 Å². The minimum Gasteiger partial charge on any atom is -0.350 e. The van der Waals surface area contributed by atoms with Crippen molar-refractivity contribution in [1.82, 2.24) is 9.62 Å². The van der Waals surface area contributed by atoms with E-state index in [4.69, 9.17) is 0 Å². The summed E-state index contributed by atoms with van der Waals surface area (Å²) in [7, 11) is -3.58. The van der Waals surface area contributed by atoms with Crippen LogP contribution in [0.4, 0.5) is 5.69 Å². The first-order valence-corrected chi connectivity index (χ1v) is 12.1. The molecule has 31 heavy (non-hydrogen) atoms.